The maximum atomic E-state index is 11.6. The zero-order chi connectivity index (χ0) is 16.1. The predicted molar refractivity (Wildman–Crippen MR) is 88.6 cm³/mol. The van der Waals surface area contributed by atoms with Gasteiger partial charge in [0.1, 0.15) is 4.88 Å². The topological polar surface area (TPSA) is 93.5 Å². The summed E-state index contributed by atoms with van der Waals surface area (Å²) in [5, 5.41) is 18.4. The summed E-state index contributed by atoms with van der Waals surface area (Å²) in [5.41, 5.74) is 0.944. The molecular formula is C13H11N3O4S2. The second-order valence-corrected chi connectivity index (χ2v) is 5.37. The van der Waals surface area contributed by atoms with Crippen LogP contribution in [-0.4, -0.2) is 23.1 Å². The highest BCUT2D eigenvalue weighted by Gasteiger charge is 2.14. The number of methoxy groups -OCH3 is 1. The van der Waals surface area contributed by atoms with E-state index < -0.39 is 10.9 Å². The third-order valence-corrected chi connectivity index (χ3v) is 3.70. The molecule has 0 amide bonds. The summed E-state index contributed by atoms with van der Waals surface area (Å²) >= 11 is 6.36. The van der Waals surface area contributed by atoms with Crippen LogP contribution in [-0.2, 0) is 4.74 Å². The van der Waals surface area contributed by atoms with Gasteiger partial charge in [0.15, 0.2) is 5.11 Å². The lowest BCUT2D eigenvalue weighted by molar-refractivity contribution is -0.384. The van der Waals surface area contributed by atoms with E-state index in [-0.39, 0.29) is 10.8 Å². The van der Waals surface area contributed by atoms with Crippen LogP contribution >= 0.6 is 23.6 Å². The number of esters is 1. The van der Waals surface area contributed by atoms with Crippen molar-refractivity contribution in [2.75, 3.05) is 17.7 Å². The summed E-state index contributed by atoms with van der Waals surface area (Å²) in [4.78, 5) is 22.2. The Bertz CT molecular complexity index is 730. The molecule has 0 bridgehead atoms. The van der Waals surface area contributed by atoms with E-state index in [1.807, 2.05) is 0 Å². The van der Waals surface area contributed by atoms with E-state index in [9.17, 15) is 14.9 Å². The van der Waals surface area contributed by atoms with E-state index in [1.165, 1.54) is 30.6 Å². The van der Waals surface area contributed by atoms with Gasteiger partial charge in [-0.05, 0) is 29.7 Å². The lowest BCUT2D eigenvalue weighted by Crippen LogP contribution is -2.20. The number of carbonyl (C=O) groups is 1. The number of nitro benzene ring substituents is 1. The Morgan fingerprint density at radius 3 is 2.82 bits per heavy atom. The molecule has 1 heterocycles. The Balaban J connectivity index is 2.08. The first kappa shape index (κ1) is 15.9. The van der Waals surface area contributed by atoms with Crippen LogP contribution in [0, 0.1) is 10.1 Å². The van der Waals surface area contributed by atoms with E-state index in [0.29, 0.717) is 16.3 Å². The summed E-state index contributed by atoms with van der Waals surface area (Å²) in [6.45, 7) is 0. The van der Waals surface area contributed by atoms with Crippen LogP contribution in [0.1, 0.15) is 9.67 Å². The summed E-state index contributed by atoms with van der Waals surface area (Å²) in [7, 11) is 1.30. The molecule has 9 heteroatoms. The smallest absolute Gasteiger partial charge is 0.350 e. The molecule has 1 aromatic carbocycles. The number of thiophene rings is 1. The Morgan fingerprint density at radius 1 is 1.36 bits per heavy atom. The third kappa shape index (κ3) is 3.77. The molecule has 0 saturated carbocycles. The maximum absolute atomic E-state index is 11.6. The number of nitro groups is 1. The maximum Gasteiger partial charge on any atom is 0.350 e. The fourth-order valence-corrected chi connectivity index (χ4v) is 2.63. The van der Waals surface area contributed by atoms with Crippen LogP contribution in [0.3, 0.4) is 0 Å². The van der Waals surface area contributed by atoms with Crippen LogP contribution in [0.4, 0.5) is 17.1 Å². The number of nitrogens with one attached hydrogen (secondary N) is 2. The second kappa shape index (κ2) is 6.96. The van der Waals surface area contributed by atoms with Gasteiger partial charge in [0.05, 0.1) is 17.7 Å². The molecule has 2 N–H and O–H groups in total. The van der Waals surface area contributed by atoms with E-state index in [0.717, 1.165) is 0 Å². The number of hydrogen-bond acceptors (Lipinski definition) is 6. The number of thiocarbonyl (C=S) groups is 1. The van der Waals surface area contributed by atoms with E-state index in [2.05, 4.69) is 15.4 Å². The van der Waals surface area contributed by atoms with Crippen molar-refractivity contribution < 1.29 is 14.5 Å². The van der Waals surface area contributed by atoms with Gasteiger partial charge in [-0.15, -0.1) is 11.3 Å². The normalized spacial score (nSPS) is 9.86. The SMILES string of the molecule is COC(=O)c1sccc1NC(=S)Nc1cccc([N+](=O)[O-])c1. The van der Waals surface area contributed by atoms with Gasteiger partial charge >= 0.3 is 5.97 Å². The van der Waals surface area contributed by atoms with Gasteiger partial charge in [-0.1, -0.05) is 6.07 Å². The molecule has 0 unspecified atom stereocenters. The van der Waals surface area contributed by atoms with Crippen LogP contribution in [0.2, 0.25) is 0 Å². The molecule has 7 nitrogen and oxygen atoms in total. The first-order valence-corrected chi connectivity index (χ1v) is 7.28. The summed E-state index contributed by atoms with van der Waals surface area (Å²) in [5.74, 6) is -0.462. The molecule has 0 spiro atoms. The van der Waals surface area contributed by atoms with E-state index in [4.69, 9.17) is 12.2 Å². The molecule has 114 valence electrons. The van der Waals surface area contributed by atoms with Gasteiger partial charge in [0.2, 0.25) is 0 Å². The lowest BCUT2D eigenvalue weighted by atomic mass is 10.3. The Hall–Kier alpha value is -2.52. The molecule has 2 rings (SSSR count). The fourth-order valence-electron chi connectivity index (χ4n) is 1.64. The standard InChI is InChI=1S/C13H11N3O4S2/c1-20-12(17)11-10(5-6-22-11)15-13(21)14-8-3-2-4-9(7-8)16(18)19/h2-7H,1H3,(H2,14,15,21). The number of hydrogen-bond donors (Lipinski definition) is 2. The van der Waals surface area contributed by atoms with Crippen molar-refractivity contribution in [3.05, 3.63) is 50.7 Å². The first-order valence-electron chi connectivity index (χ1n) is 5.99. The number of nitrogens with zero attached hydrogens (tertiary/aromatic N) is 1. The molecule has 22 heavy (non-hydrogen) atoms. The largest absolute Gasteiger partial charge is 0.465 e. The van der Waals surface area contributed by atoms with Crippen molar-refractivity contribution in [1.29, 1.82) is 0 Å². The van der Waals surface area contributed by atoms with Crippen molar-refractivity contribution in [3.63, 3.8) is 0 Å². The number of non-ortho nitro benzene ring substituents is 1. The van der Waals surface area contributed by atoms with Crippen LogP contribution < -0.4 is 10.6 Å². The molecule has 0 fully saturated rings. The Labute approximate surface area is 135 Å². The quantitative estimate of drug-likeness (QED) is 0.383. The van der Waals surface area contributed by atoms with Gasteiger partial charge < -0.3 is 15.4 Å². The molecule has 0 saturated heterocycles. The zero-order valence-corrected chi connectivity index (χ0v) is 13.0. The molecule has 1 aromatic heterocycles. The van der Waals surface area contributed by atoms with Crippen molar-refractivity contribution in [1.82, 2.24) is 0 Å². The minimum atomic E-state index is -0.490. The number of carbonyl (C=O) groups excluding carboxylic acids is 1. The minimum absolute atomic E-state index is 0.0430. The fraction of sp³-hybridized carbons (Fsp3) is 0.0769. The summed E-state index contributed by atoms with van der Waals surface area (Å²) < 4.78 is 4.67. The van der Waals surface area contributed by atoms with Gasteiger partial charge in [0, 0.05) is 17.8 Å². The molecule has 0 aliphatic rings. The summed E-state index contributed by atoms with van der Waals surface area (Å²) in [6, 6.07) is 7.64. The number of ether oxygens (including phenoxy) is 1. The van der Waals surface area contributed by atoms with Crippen LogP contribution in [0.5, 0.6) is 0 Å². The molecule has 0 radical (unpaired) electrons. The average molecular weight is 337 g/mol. The molecule has 0 aliphatic heterocycles. The van der Waals surface area contributed by atoms with Crippen molar-refractivity contribution in [3.8, 4) is 0 Å². The van der Waals surface area contributed by atoms with E-state index in [1.54, 1.807) is 23.6 Å². The van der Waals surface area contributed by atoms with E-state index >= 15 is 0 Å². The average Bonchev–Trinajstić information content (AvgIpc) is 2.94. The van der Waals surface area contributed by atoms with Gasteiger partial charge in [-0.2, -0.15) is 0 Å². The van der Waals surface area contributed by atoms with Gasteiger partial charge in [-0.3, -0.25) is 10.1 Å². The third-order valence-electron chi connectivity index (χ3n) is 2.60. The van der Waals surface area contributed by atoms with Gasteiger partial charge in [0.25, 0.3) is 5.69 Å². The van der Waals surface area contributed by atoms with Crippen molar-refractivity contribution in [2.24, 2.45) is 0 Å². The summed E-state index contributed by atoms with van der Waals surface area (Å²) in [6.07, 6.45) is 0. The predicted octanol–water partition coefficient (Wildman–Crippen LogP) is 3.25. The monoisotopic (exact) mass is 337 g/mol. The number of rotatable bonds is 4. The molecular weight excluding hydrogens is 326 g/mol. The first-order chi connectivity index (χ1) is 10.5. The highest BCUT2D eigenvalue weighted by molar-refractivity contribution is 7.80. The van der Waals surface area contributed by atoms with Crippen molar-refractivity contribution >= 4 is 51.7 Å². The highest BCUT2D eigenvalue weighted by Crippen LogP contribution is 2.23. The van der Waals surface area contributed by atoms with Crippen LogP contribution in [0.15, 0.2) is 35.7 Å². The number of benzene rings is 1. The number of anilines is 2. The molecule has 2 aromatic rings. The Morgan fingerprint density at radius 2 is 2.14 bits per heavy atom. The minimum Gasteiger partial charge on any atom is -0.465 e. The Kier molecular flexibility index (Phi) is 5.02. The van der Waals surface area contributed by atoms with Gasteiger partial charge in [-0.25, -0.2) is 4.79 Å². The highest BCUT2D eigenvalue weighted by atomic mass is 32.1. The molecule has 0 atom stereocenters. The second-order valence-electron chi connectivity index (χ2n) is 4.04. The lowest BCUT2D eigenvalue weighted by Gasteiger charge is -2.10. The zero-order valence-electron chi connectivity index (χ0n) is 11.4. The molecule has 0 aliphatic carbocycles. The van der Waals surface area contributed by atoms with Crippen LogP contribution in [0.25, 0.3) is 0 Å². The van der Waals surface area contributed by atoms with Crippen molar-refractivity contribution in [2.45, 2.75) is 0 Å².